The van der Waals surface area contributed by atoms with Gasteiger partial charge in [0.15, 0.2) is 11.5 Å². The van der Waals surface area contributed by atoms with Crippen LogP contribution in [0.25, 0.3) is 0 Å². The van der Waals surface area contributed by atoms with Gasteiger partial charge >= 0.3 is 0 Å². The molecular formula is C29H39N3O7S. The molecule has 1 aliphatic carbocycles. The second-order valence-corrected chi connectivity index (χ2v) is 12.1. The van der Waals surface area contributed by atoms with Crippen molar-refractivity contribution in [1.29, 1.82) is 0 Å². The molecular weight excluding hydrogens is 534 g/mol. The van der Waals surface area contributed by atoms with Crippen LogP contribution >= 0.6 is 0 Å². The number of carbonyl (C=O) groups excluding carboxylic acids is 2. The minimum absolute atomic E-state index is 0.0819. The van der Waals surface area contributed by atoms with Crippen molar-refractivity contribution in [3.63, 3.8) is 0 Å². The number of ether oxygens (including phenoxy) is 3. The molecule has 0 saturated heterocycles. The maximum Gasteiger partial charge on any atom is 0.244 e. The molecule has 2 aliphatic rings. The van der Waals surface area contributed by atoms with Crippen molar-refractivity contribution in [2.45, 2.75) is 64.1 Å². The summed E-state index contributed by atoms with van der Waals surface area (Å²) in [4.78, 5) is 28.9. The van der Waals surface area contributed by atoms with Gasteiger partial charge in [0.2, 0.25) is 21.8 Å². The predicted molar refractivity (Wildman–Crippen MR) is 152 cm³/mol. The van der Waals surface area contributed by atoms with Crippen LogP contribution in [-0.4, -0.2) is 70.3 Å². The minimum atomic E-state index is -3.86. The summed E-state index contributed by atoms with van der Waals surface area (Å²) in [6, 6.07) is 11.3. The van der Waals surface area contributed by atoms with E-state index in [1.807, 2.05) is 19.1 Å². The molecule has 11 heteroatoms. The number of hydrogen-bond acceptors (Lipinski definition) is 7. The fourth-order valence-electron chi connectivity index (χ4n) is 5.19. The summed E-state index contributed by atoms with van der Waals surface area (Å²) >= 11 is 0. The van der Waals surface area contributed by atoms with E-state index in [0.29, 0.717) is 36.9 Å². The minimum Gasteiger partial charge on any atom is -0.497 e. The monoisotopic (exact) mass is 573 g/mol. The Morgan fingerprint density at radius 1 is 1.02 bits per heavy atom. The van der Waals surface area contributed by atoms with Gasteiger partial charge in [0.1, 0.15) is 31.5 Å². The number of carbonyl (C=O) groups is 2. The van der Waals surface area contributed by atoms with E-state index in [0.717, 1.165) is 48.2 Å². The average molecular weight is 574 g/mol. The Morgan fingerprint density at radius 3 is 2.33 bits per heavy atom. The topological polar surface area (TPSA) is 114 Å². The first-order valence-electron chi connectivity index (χ1n) is 13.8. The van der Waals surface area contributed by atoms with Crippen molar-refractivity contribution in [3.8, 4) is 17.2 Å². The van der Waals surface area contributed by atoms with E-state index < -0.39 is 28.5 Å². The third kappa shape index (κ3) is 7.38. The Bertz CT molecular complexity index is 1280. The molecule has 1 fully saturated rings. The number of hydrogen-bond donors (Lipinski definition) is 1. The summed E-state index contributed by atoms with van der Waals surface area (Å²) in [6.07, 6.45) is 6.56. The van der Waals surface area contributed by atoms with Crippen LogP contribution in [0.5, 0.6) is 17.2 Å². The van der Waals surface area contributed by atoms with Gasteiger partial charge in [0.05, 0.1) is 19.1 Å². The molecule has 218 valence electrons. The van der Waals surface area contributed by atoms with E-state index in [4.69, 9.17) is 14.2 Å². The van der Waals surface area contributed by atoms with Crippen LogP contribution in [0.4, 0.5) is 5.69 Å². The van der Waals surface area contributed by atoms with Crippen LogP contribution in [0, 0.1) is 0 Å². The lowest BCUT2D eigenvalue weighted by Gasteiger charge is -2.34. The lowest BCUT2D eigenvalue weighted by molar-refractivity contribution is -0.140. The molecule has 4 rings (SSSR count). The smallest absolute Gasteiger partial charge is 0.244 e. The SMILES string of the molecule is CC[C@H](C(=O)NC1CCCCC1)N(Cc1ccc(OC)cc1)C(=O)CN(c1ccc2c(c1)OCCO2)S(C)(=O)=O. The van der Waals surface area contributed by atoms with E-state index in [-0.39, 0.29) is 24.2 Å². The van der Waals surface area contributed by atoms with E-state index in [9.17, 15) is 18.0 Å². The van der Waals surface area contributed by atoms with Crippen molar-refractivity contribution in [1.82, 2.24) is 10.2 Å². The summed E-state index contributed by atoms with van der Waals surface area (Å²) in [5.41, 5.74) is 1.08. The fraction of sp³-hybridized carbons (Fsp3) is 0.517. The second kappa shape index (κ2) is 13.3. The van der Waals surface area contributed by atoms with E-state index >= 15 is 0 Å². The van der Waals surface area contributed by atoms with Crippen molar-refractivity contribution in [2.24, 2.45) is 0 Å². The second-order valence-electron chi connectivity index (χ2n) is 10.2. The number of anilines is 1. The highest BCUT2D eigenvalue weighted by Crippen LogP contribution is 2.35. The maximum atomic E-state index is 13.9. The molecule has 1 N–H and O–H groups in total. The third-order valence-electron chi connectivity index (χ3n) is 7.34. The Balaban J connectivity index is 1.62. The van der Waals surface area contributed by atoms with Crippen LogP contribution in [0.2, 0.25) is 0 Å². The Labute approximate surface area is 236 Å². The van der Waals surface area contributed by atoms with Gasteiger partial charge in [-0.2, -0.15) is 0 Å². The van der Waals surface area contributed by atoms with Gasteiger partial charge < -0.3 is 24.4 Å². The zero-order valence-corrected chi connectivity index (χ0v) is 24.2. The van der Waals surface area contributed by atoms with Gasteiger partial charge in [-0.15, -0.1) is 0 Å². The number of nitrogens with zero attached hydrogens (tertiary/aromatic N) is 2. The zero-order valence-electron chi connectivity index (χ0n) is 23.4. The van der Waals surface area contributed by atoms with Crippen LogP contribution in [0.15, 0.2) is 42.5 Å². The normalized spacial score (nSPS) is 16.1. The predicted octanol–water partition coefficient (Wildman–Crippen LogP) is 3.49. The summed E-state index contributed by atoms with van der Waals surface area (Å²) in [7, 11) is -2.28. The molecule has 0 bridgehead atoms. The summed E-state index contributed by atoms with van der Waals surface area (Å²) in [5, 5.41) is 3.14. The molecule has 0 unspecified atom stereocenters. The molecule has 0 spiro atoms. The molecule has 2 aromatic carbocycles. The third-order valence-corrected chi connectivity index (χ3v) is 8.48. The molecule has 40 heavy (non-hydrogen) atoms. The van der Waals surface area contributed by atoms with E-state index in [1.54, 1.807) is 37.4 Å². The number of benzene rings is 2. The number of sulfonamides is 1. The van der Waals surface area contributed by atoms with Gasteiger partial charge in [-0.3, -0.25) is 13.9 Å². The number of nitrogens with one attached hydrogen (secondary N) is 1. The molecule has 1 saturated carbocycles. The van der Waals surface area contributed by atoms with Crippen molar-refractivity contribution < 1.29 is 32.2 Å². The zero-order chi connectivity index (χ0) is 28.7. The van der Waals surface area contributed by atoms with Gasteiger partial charge in [-0.25, -0.2) is 8.42 Å². The van der Waals surface area contributed by atoms with Crippen LogP contribution in [0.3, 0.4) is 0 Å². The molecule has 0 aromatic heterocycles. The first-order chi connectivity index (χ1) is 19.2. The van der Waals surface area contributed by atoms with Crippen molar-refractivity contribution in [2.75, 3.05) is 37.4 Å². The first-order valence-corrected chi connectivity index (χ1v) is 15.6. The molecule has 1 atom stereocenters. The van der Waals surface area contributed by atoms with Gasteiger partial charge in [0.25, 0.3) is 0 Å². The quantitative estimate of drug-likeness (QED) is 0.438. The first kappa shape index (κ1) is 29.5. The highest BCUT2D eigenvalue weighted by molar-refractivity contribution is 7.92. The van der Waals surface area contributed by atoms with Crippen LogP contribution in [-0.2, 0) is 26.2 Å². The Hall–Kier alpha value is -3.47. The number of methoxy groups -OCH3 is 1. The Morgan fingerprint density at radius 2 is 1.70 bits per heavy atom. The summed E-state index contributed by atoms with van der Waals surface area (Å²) < 4.78 is 43.3. The van der Waals surface area contributed by atoms with E-state index in [2.05, 4.69) is 5.32 Å². The lowest BCUT2D eigenvalue weighted by atomic mass is 9.95. The molecule has 2 aromatic rings. The standard InChI is InChI=1S/C29H39N3O7S/c1-4-25(29(34)30-22-8-6-5-7-9-22)31(19-21-10-13-24(37-2)14-11-21)28(33)20-32(40(3,35)36)23-12-15-26-27(18-23)39-17-16-38-26/h10-15,18,22,25H,4-9,16-17,19-20H2,1-3H3,(H,30,34)/t25-/m1/s1. The van der Waals surface area contributed by atoms with Crippen molar-refractivity contribution in [3.05, 3.63) is 48.0 Å². The largest absolute Gasteiger partial charge is 0.497 e. The van der Waals surface area contributed by atoms with Gasteiger partial charge in [-0.1, -0.05) is 38.3 Å². The lowest BCUT2D eigenvalue weighted by Crippen LogP contribution is -2.53. The Kier molecular flexibility index (Phi) is 9.78. The summed E-state index contributed by atoms with van der Waals surface area (Å²) in [5.74, 6) is 0.897. The van der Waals surface area contributed by atoms with E-state index in [1.165, 1.54) is 4.90 Å². The molecule has 1 heterocycles. The average Bonchev–Trinajstić information content (AvgIpc) is 2.95. The van der Waals surface area contributed by atoms with Crippen LogP contribution < -0.4 is 23.8 Å². The highest BCUT2D eigenvalue weighted by Gasteiger charge is 2.33. The number of rotatable bonds is 11. The molecule has 10 nitrogen and oxygen atoms in total. The maximum absolute atomic E-state index is 13.9. The summed E-state index contributed by atoms with van der Waals surface area (Å²) in [6.45, 7) is 2.27. The van der Waals surface area contributed by atoms with Gasteiger partial charge in [-0.05, 0) is 49.1 Å². The molecule has 0 radical (unpaired) electrons. The molecule has 1 aliphatic heterocycles. The van der Waals surface area contributed by atoms with Gasteiger partial charge in [0, 0.05) is 18.7 Å². The van der Waals surface area contributed by atoms with Crippen molar-refractivity contribution >= 4 is 27.5 Å². The fourth-order valence-corrected chi connectivity index (χ4v) is 6.03. The highest BCUT2D eigenvalue weighted by atomic mass is 32.2. The number of amides is 2. The molecule has 2 amide bonds. The van der Waals surface area contributed by atoms with Crippen LogP contribution in [0.1, 0.15) is 51.0 Å². The number of fused-ring (bicyclic) bond motifs is 1.